The Morgan fingerprint density at radius 1 is 1.18 bits per heavy atom. The maximum Gasteiger partial charge on any atom is 0.251 e. The van der Waals surface area contributed by atoms with E-state index in [1.54, 1.807) is 34.0 Å². The second-order valence-corrected chi connectivity index (χ2v) is 6.76. The molecule has 6 nitrogen and oxygen atoms in total. The molecule has 3 aromatic rings. The second-order valence-electron chi connectivity index (χ2n) is 6.76. The number of carbonyl (C=O) groups is 2. The lowest BCUT2D eigenvalue weighted by molar-refractivity contribution is -0.117. The first kappa shape index (κ1) is 17.9. The molecule has 7 heteroatoms. The van der Waals surface area contributed by atoms with Gasteiger partial charge in [0.15, 0.2) is 0 Å². The third-order valence-corrected chi connectivity index (χ3v) is 4.69. The number of carbonyl (C=O) groups excluding carboxylic acids is 2. The van der Waals surface area contributed by atoms with Crippen LogP contribution in [-0.2, 0) is 11.3 Å². The Labute approximate surface area is 161 Å². The standard InChI is InChI=1S/C21H19FN4O2/c22-17-5-7-19(8-6-17)26-14-18(12-20(26)27)24-21(28)16-4-1-3-15(11-16)13-25-10-2-9-23-25/h1-11,18H,12-14H2,(H,24,28)/t18-/m1/s1. The van der Waals surface area contributed by atoms with Crippen LogP contribution in [0.15, 0.2) is 67.0 Å². The summed E-state index contributed by atoms with van der Waals surface area (Å²) in [7, 11) is 0. The first-order chi connectivity index (χ1) is 13.6. The van der Waals surface area contributed by atoms with Gasteiger partial charge in [-0.3, -0.25) is 14.3 Å². The maximum atomic E-state index is 13.1. The zero-order valence-corrected chi connectivity index (χ0v) is 15.1. The first-order valence-corrected chi connectivity index (χ1v) is 9.01. The van der Waals surface area contributed by atoms with Gasteiger partial charge in [-0.05, 0) is 48.0 Å². The van der Waals surface area contributed by atoms with Gasteiger partial charge in [-0.1, -0.05) is 12.1 Å². The average Bonchev–Trinajstić information content (AvgIpc) is 3.32. The number of amides is 2. The second kappa shape index (κ2) is 7.64. The van der Waals surface area contributed by atoms with E-state index >= 15 is 0 Å². The van der Waals surface area contributed by atoms with Crippen molar-refractivity contribution in [1.29, 1.82) is 0 Å². The van der Waals surface area contributed by atoms with Crippen LogP contribution in [0.4, 0.5) is 10.1 Å². The number of hydrogen-bond acceptors (Lipinski definition) is 3. The fraction of sp³-hybridized carbons (Fsp3) is 0.190. The van der Waals surface area contributed by atoms with Gasteiger partial charge < -0.3 is 10.2 Å². The van der Waals surface area contributed by atoms with E-state index in [1.165, 1.54) is 12.1 Å². The van der Waals surface area contributed by atoms with Crippen LogP contribution in [0.3, 0.4) is 0 Å². The maximum absolute atomic E-state index is 13.1. The van der Waals surface area contributed by atoms with E-state index in [0.29, 0.717) is 24.3 Å². The molecule has 2 aromatic carbocycles. The van der Waals surface area contributed by atoms with Crippen LogP contribution in [0.2, 0.25) is 0 Å². The molecule has 0 radical (unpaired) electrons. The van der Waals surface area contributed by atoms with E-state index < -0.39 is 0 Å². The number of nitrogens with one attached hydrogen (secondary N) is 1. The zero-order valence-electron chi connectivity index (χ0n) is 15.1. The Morgan fingerprint density at radius 3 is 2.75 bits per heavy atom. The summed E-state index contributed by atoms with van der Waals surface area (Å²) in [6.07, 6.45) is 3.79. The summed E-state index contributed by atoms with van der Waals surface area (Å²) in [5.74, 6) is -0.666. The third kappa shape index (κ3) is 3.93. The van der Waals surface area contributed by atoms with Crippen molar-refractivity contribution in [2.24, 2.45) is 0 Å². The summed E-state index contributed by atoms with van der Waals surface area (Å²) in [6, 6.07) is 14.7. The molecule has 2 heterocycles. The largest absolute Gasteiger partial charge is 0.347 e. The van der Waals surface area contributed by atoms with Crippen LogP contribution in [0.1, 0.15) is 22.3 Å². The molecule has 0 aliphatic carbocycles. The molecule has 2 amide bonds. The van der Waals surface area contributed by atoms with Crippen molar-refractivity contribution in [3.63, 3.8) is 0 Å². The molecule has 142 valence electrons. The number of rotatable bonds is 5. The van der Waals surface area contributed by atoms with E-state index in [2.05, 4.69) is 10.4 Å². The van der Waals surface area contributed by atoms with Gasteiger partial charge in [0.05, 0.1) is 12.6 Å². The highest BCUT2D eigenvalue weighted by molar-refractivity contribution is 5.99. The van der Waals surface area contributed by atoms with Gasteiger partial charge in [-0.2, -0.15) is 5.10 Å². The Balaban J connectivity index is 1.41. The van der Waals surface area contributed by atoms with Gasteiger partial charge in [-0.15, -0.1) is 0 Å². The number of aromatic nitrogens is 2. The third-order valence-electron chi connectivity index (χ3n) is 4.69. The summed E-state index contributed by atoms with van der Waals surface area (Å²) in [5.41, 5.74) is 2.13. The molecule has 0 spiro atoms. The Bertz CT molecular complexity index is 986. The lowest BCUT2D eigenvalue weighted by Crippen LogP contribution is -2.37. The van der Waals surface area contributed by atoms with Gasteiger partial charge in [0.2, 0.25) is 5.91 Å². The molecule has 1 atom stereocenters. The number of nitrogens with zero attached hydrogens (tertiary/aromatic N) is 3. The molecule has 1 fully saturated rings. The minimum Gasteiger partial charge on any atom is -0.347 e. The molecule has 1 aliphatic rings. The molecule has 1 N–H and O–H groups in total. The van der Waals surface area contributed by atoms with Crippen LogP contribution >= 0.6 is 0 Å². The fourth-order valence-corrected chi connectivity index (χ4v) is 3.34. The van der Waals surface area contributed by atoms with E-state index in [1.807, 2.05) is 30.5 Å². The Kier molecular flexibility index (Phi) is 4.89. The summed E-state index contributed by atoms with van der Waals surface area (Å²) in [4.78, 5) is 26.5. The van der Waals surface area contributed by atoms with Gasteiger partial charge in [0.25, 0.3) is 5.91 Å². The molecule has 1 saturated heterocycles. The van der Waals surface area contributed by atoms with E-state index in [9.17, 15) is 14.0 Å². The Morgan fingerprint density at radius 2 is 2.00 bits per heavy atom. The first-order valence-electron chi connectivity index (χ1n) is 9.01. The lowest BCUT2D eigenvalue weighted by atomic mass is 10.1. The number of benzene rings is 2. The Hall–Kier alpha value is -3.48. The van der Waals surface area contributed by atoms with Crippen molar-refractivity contribution < 1.29 is 14.0 Å². The number of hydrogen-bond donors (Lipinski definition) is 1. The molecule has 1 aromatic heterocycles. The van der Waals surface area contributed by atoms with Crippen LogP contribution in [0, 0.1) is 5.82 Å². The van der Waals surface area contributed by atoms with Crippen molar-refractivity contribution in [2.75, 3.05) is 11.4 Å². The molecular weight excluding hydrogens is 359 g/mol. The van der Waals surface area contributed by atoms with Crippen molar-refractivity contribution in [3.8, 4) is 0 Å². The van der Waals surface area contributed by atoms with Gasteiger partial charge in [-0.25, -0.2) is 4.39 Å². The van der Waals surface area contributed by atoms with E-state index in [4.69, 9.17) is 0 Å². The van der Waals surface area contributed by atoms with Crippen LogP contribution in [-0.4, -0.2) is 34.2 Å². The van der Waals surface area contributed by atoms with E-state index in [0.717, 1.165) is 5.56 Å². The minimum atomic E-state index is -0.352. The normalized spacial score (nSPS) is 16.4. The number of anilines is 1. The zero-order chi connectivity index (χ0) is 19.5. The van der Waals surface area contributed by atoms with Gasteiger partial charge in [0, 0.05) is 36.6 Å². The van der Waals surface area contributed by atoms with Crippen LogP contribution < -0.4 is 10.2 Å². The molecule has 28 heavy (non-hydrogen) atoms. The highest BCUT2D eigenvalue weighted by atomic mass is 19.1. The fourth-order valence-electron chi connectivity index (χ4n) is 3.34. The molecule has 0 saturated carbocycles. The predicted molar refractivity (Wildman–Crippen MR) is 102 cm³/mol. The molecule has 0 unspecified atom stereocenters. The summed E-state index contributed by atoms with van der Waals surface area (Å²) < 4.78 is 14.9. The van der Waals surface area contributed by atoms with Crippen LogP contribution in [0.25, 0.3) is 0 Å². The quantitative estimate of drug-likeness (QED) is 0.742. The van der Waals surface area contributed by atoms with Crippen molar-refractivity contribution in [2.45, 2.75) is 19.0 Å². The monoisotopic (exact) mass is 378 g/mol. The summed E-state index contributed by atoms with van der Waals surface area (Å²) in [6.45, 7) is 0.942. The minimum absolute atomic E-state index is 0.0932. The van der Waals surface area contributed by atoms with Crippen LogP contribution in [0.5, 0.6) is 0 Å². The molecule has 4 rings (SSSR count). The molecule has 0 bridgehead atoms. The molecular formula is C21H19FN4O2. The predicted octanol–water partition coefficient (Wildman–Crippen LogP) is 2.61. The summed E-state index contributed by atoms with van der Waals surface area (Å²) in [5, 5.41) is 7.09. The van der Waals surface area contributed by atoms with Crippen molar-refractivity contribution in [1.82, 2.24) is 15.1 Å². The summed E-state index contributed by atoms with van der Waals surface area (Å²) >= 11 is 0. The average molecular weight is 378 g/mol. The SMILES string of the molecule is O=C(N[C@@H]1CC(=O)N(c2ccc(F)cc2)C1)c1cccc(Cn2cccn2)c1. The van der Waals surface area contributed by atoms with Crippen molar-refractivity contribution >= 4 is 17.5 Å². The van der Waals surface area contributed by atoms with Crippen molar-refractivity contribution in [3.05, 3.63) is 83.9 Å². The smallest absolute Gasteiger partial charge is 0.251 e. The highest BCUT2D eigenvalue weighted by Gasteiger charge is 2.31. The number of halogens is 1. The van der Waals surface area contributed by atoms with Gasteiger partial charge >= 0.3 is 0 Å². The van der Waals surface area contributed by atoms with Gasteiger partial charge in [0.1, 0.15) is 5.82 Å². The lowest BCUT2D eigenvalue weighted by Gasteiger charge is -2.17. The topological polar surface area (TPSA) is 67.2 Å². The highest BCUT2D eigenvalue weighted by Crippen LogP contribution is 2.22. The van der Waals surface area contributed by atoms with E-state index in [-0.39, 0.29) is 30.1 Å². The molecule has 1 aliphatic heterocycles.